The average Bonchev–Trinajstić information content (AvgIpc) is 2.96. The molecule has 0 bridgehead atoms. The molecular formula is C20H28N2O4. The quantitative estimate of drug-likeness (QED) is 0.556. The third kappa shape index (κ3) is 5.88. The van der Waals surface area contributed by atoms with Crippen molar-refractivity contribution in [1.29, 1.82) is 0 Å². The molecule has 1 heterocycles. The van der Waals surface area contributed by atoms with Crippen LogP contribution in [0.25, 0.3) is 10.9 Å². The van der Waals surface area contributed by atoms with Gasteiger partial charge in [-0.15, -0.1) is 0 Å². The van der Waals surface area contributed by atoms with Gasteiger partial charge in [-0.25, -0.2) is 4.79 Å². The van der Waals surface area contributed by atoms with Crippen molar-refractivity contribution in [3.05, 3.63) is 35.5 Å². The van der Waals surface area contributed by atoms with Crippen molar-refractivity contribution in [1.82, 2.24) is 10.3 Å². The van der Waals surface area contributed by atoms with E-state index in [-0.39, 0.29) is 11.9 Å². The highest BCUT2D eigenvalue weighted by atomic mass is 16.6. The van der Waals surface area contributed by atoms with E-state index in [0.29, 0.717) is 25.1 Å². The second kappa shape index (κ2) is 8.85. The Morgan fingerprint density at radius 2 is 2.00 bits per heavy atom. The van der Waals surface area contributed by atoms with Crippen molar-refractivity contribution >= 4 is 22.8 Å². The Bertz CT molecular complexity index is 759. The maximum atomic E-state index is 12.3. The van der Waals surface area contributed by atoms with Crippen molar-refractivity contribution in [2.24, 2.45) is 0 Å². The molecule has 0 saturated heterocycles. The van der Waals surface area contributed by atoms with Crippen molar-refractivity contribution in [2.75, 3.05) is 13.2 Å². The zero-order valence-corrected chi connectivity index (χ0v) is 16.0. The Labute approximate surface area is 154 Å². The fraction of sp³-hybridized carbons (Fsp3) is 0.500. The number of rotatable bonds is 8. The normalized spacial score (nSPS) is 11.5. The molecule has 6 heteroatoms. The van der Waals surface area contributed by atoms with Gasteiger partial charge in [0.15, 0.2) is 0 Å². The molecule has 0 unspecified atom stereocenters. The van der Waals surface area contributed by atoms with Crippen molar-refractivity contribution < 1.29 is 19.1 Å². The summed E-state index contributed by atoms with van der Waals surface area (Å²) in [6, 6.07) is 5.94. The van der Waals surface area contributed by atoms with E-state index in [1.54, 1.807) is 13.1 Å². The van der Waals surface area contributed by atoms with Crippen LogP contribution in [0.5, 0.6) is 0 Å². The number of hydrogen-bond acceptors (Lipinski definition) is 5. The molecule has 0 aliphatic heterocycles. The fourth-order valence-electron chi connectivity index (χ4n) is 2.61. The number of aromatic nitrogens is 1. The van der Waals surface area contributed by atoms with Gasteiger partial charge in [0.1, 0.15) is 5.60 Å². The zero-order valence-electron chi connectivity index (χ0n) is 16.0. The van der Waals surface area contributed by atoms with Crippen LogP contribution in [0.15, 0.2) is 24.4 Å². The molecule has 0 aliphatic carbocycles. The Hall–Kier alpha value is -2.34. The van der Waals surface area contributed by atoms with E-state index in [1.807, 2.05) is 39.0 Å². The summed E-state index contributed by atoms with van der Waals surface area (Å²) >= 11 is 0. The number of nitrogens with one attached hydrogen (secondary N) is 2. The minimum atomic E-state index is -0.520. The van der Waals surface area contributed by atoms with E-state index in [4.69, 9.17) is 9.47 Å². The van der Waals surface area contributed by atoms with Crippen LogP contribution in [0.4, 0.5) is 0 Å². The Morgan fingerprint density at radius 1 is 1.23 bits per heavy atom. The van der Waals surface area contributed by atoms with E-state index < -0.39 is 5.60 Å². The minimum absolute atomic E-state index is 0.156. The molecular weight excluding hydrogens is 332 g/mol. The number of fused-ring (bicyclic) bond motifs is 1. The Kier molecular flexibility index (Phi) is 6.80. The molecule has 26 heavy (non-hydrogen) atoms. The highest BCUT2D eigenvalue weighted by Crippen LogP contribution is 2.22. The third-order valence-electron chi connectivity index (χ3n) is 3.73. The standard InChI is InChI=1S/C20H28N2O4/c1-5-25-18(23)7-6-10-21-12-14-8-9-15-16(13-22-17(15)11-14)19(24)26-20(2,3)4/h8-9,11,13,21-22H,5-7,10,12H2,1-4H3. The molecule has 1 aromatic heterocycles. The number of benzene rings is 1. The second-order valence-electron chi connectivity index (χ2n) is 7.17. The lowest BCUT2D eigenvalue weighted by Crippen LogP contribution is -2.23. The number of hydrogen-bond donors (Lipinski definition) is 2. The molecule has 6 nitrogen and oxygen atoms in total. The van der Waals surface area contributed by atoms with E-state index in [2.05, 4.69) is 10.3 Å². The molecule has 0 amide bonds. The van der Waals surface area contributed by atoms with Crippen molar-refractivity contribution in [2.45, 2.75) is 52.7 Å². The van der Waals surface area contributed by atoms with Gasteiger partial charge in [0, 0.05) is 30.1 Å². The lowest BCUT2D eigenvalue weighted by Gasteiger charge is -2.19. The first-order chi connectivity index (χ1) is 12.3. The number of aromatic amines is 1. The molecule has 0 saturated carbocycles. The second-order valence-corrected chi connectivity index (χ2v) is 7.17. The van der Waals surface area contributed by atoms with Crippen LogP contribution in [-0.4, -0.2) is 35.7 Å². The Morgan fingerprint density at radius 3 is 2.69 bits per heavy atom. The largest absolute Gasteiger partial charge is 0.466 e. The molecule has 2 rings (SSSR count). The monoisotopic (exact) mass is 360 g/mol. The molecule has 0 radical (unpaired) electrons. The molecule has 0 atom stereocenters. The summed E-state index contributed by atoms with van der Waals surface area (Å²) in [5.74, 6) is -0.481. The van der Waals surface area contributed by atoms with Crippen molar-refractivity contribution in [3.8, 4) is 0 Å². The van der Waals surface area contributed by atoms with E-state index in [0.717, 1.165) is 29.4 Å². The predicted molar refractivity (Wildman–Crippen MR) is 101 cm³/mol. The molecule has 0 aliphatic rings. The molecule has 1 aromatic carbocycles. The van der Waals surface area contributed by atoms with Gasteiger partial charge in [-0.05, 0) is 52.3 Å². The van der Waals surface area contributed by atoms with Crippen LogP contribution in [0.3, 0.4) is 0 Å². The summed E-state index contributed by atoms with van der Waals surface area (Å²) in [6.07, 6.45) is 2.86. The first-order valence-corrected chi connectivity index (χ1v) is 9.00. The molecule has 2 N–H and O–H groups in total. The number of esters is 2. The van der Waals surface area contributed by atoms with Gasteiger partial charge in [-0.2, -0.15) is 0 Å². The van der Waals surface area contributed by atoms with Gasteiger partial charge in [0.2, 0.25) is 0 Å². The molecule has 142 valence electrons. The number of carbonyl (C=O) groups excluding carboxylic acids is 2. The molecule has 2 aromatic rings. The van der Waals surface area contributed by atoms with Crippen molar-refractivity contribution in [3.63, 3.8) is 0 Å². The van der Waals surface area contributed by atoms with Crippen LogP contribution in [0, 0.1) is 0 Å². The Balaban J connectivity index is 1.90. The van der Waals surface area contributed by atoms with Gasteiger partial charge < -0.3 is 19.8 Å². The summed E-state index contributed by atoms with van der Waals surface area (Å²) in [4.78, 5) is 26.7. The van der Waals surface area contributed by atoms with Gasteiger partial charge in [0.05, 0.1) is 12.2 Å². The smallest absolute Gasteiger partial charge is 0.340 e. The first kappa shape index (κ1) is 20.0. The van der Waals surface area contributed by atoms with E-state index in [9.17, 15) is 9.59 Å². The van der Waals surface area contributed by atoms with E-state index in [1.165, 1.54) is 0 Å². The summed E-state index contributed by atoms with van der Waals surface area (Å²) in [5.41, 5.74) is 2.03. The van der Waals surface area contributed by atoms with E-state index >= 15 is 0 Å². The van der Waals surface area contributed by atoms with Gasteiger partial charge >= 0.3 is 11.9 Å². The lowest BCUT2D eigenvalue weighted by atomic mass is 10.1. The number of carbonyl (C=O) groups is 2. The molecule has 0 fully saturated rings. The topological polar surface area (TPSA) is 80.4 Å². The summed E-state index contributed by atoms with van der Waals surface area (Å²) in [5, 5.41) is 4.16. The maximum Gasteiger partial charge on any atom is 0.340 e. The van der Waals surface area contributed by atoms with Crippen LogP contribution in [-0.2, 0) is 20.8 Å². The summed E-state index contributed by atoms with van der Waals surface area (Å²) in [6.45, 7) is 9.22. The van der Waals surface area contributed by atoms with Crippen LogP contribution >= 0.6 is 0 Å². The summed E-state index contributed by atoms with van der Waals surface area (Å²) < 4.78 is 10.3. The van der Waals surface area contributed by atoms with Crippen LogP contribution in [0.1, 0.15) is 56.5 Å². The summed E-state index contributed by atoms with van der Waals surface area (Å²) in [7, 11) is 0. The molecule has 0 spiro atoms. The highest BCUT2D eigenvalue weighted by molar-refractivity contribution is 6.04. The maximum absolute atomic E-state index is 12.3. The average molecular weight is 360 g/mol. The van der Waals surface area contributed by atoms with Gasteiger partial charge in [-0.1, -0.05) is 12.1 Å². The highest BCUT2D eigenvalue weighted by Gasteiger charge is 2.20. The fourth-order valence-corrected chi connectivity index (χ4v) is 2.61. The van der Waals surface area contributed by atoms with Gasteiger partial charge in [0.25, 0.3) is 0 Å². The van der Waals surface area contributed by atoms with Gasteiger partial charge in [-0.3, -0.25) is 4.79 Å². The minimum Gasteiger partial charge on any atom is -0.466 e. The third-order valence-corrected chi connectivity index (χ3v) is 3.73. The SMILES string of the molecule is CCOC(=O)CCCNCc1ccc2c(C(=O)OC(C)(C)C)c[nH]c2c1. The predicted octanol–water partition coefficient (Wildman–Crippen LogP) is 3.56. The van der Waals surface area contributed by atoms with Crippen LogP contribution < -0.4 is 5.32 Å². The van der Waals surface area contributed by atoms with Crippen LogP contribution in [0.2, 0.25) is 0 Å². The lowest BCUT2D eigenvalue weighted by molar-refractivity contribution is -0.143. The number of ether oxygens (including phenoxy) is 2. The first-order valence-electron chi connectivity index (χ1n) is 9.00. The number of H-pyrrole nitrogens is 1. The zero-order chi connectivity index (χ0) is 19.2.